The van der Waals surface area contributed by atoms with E-state index in [1.54, 1.807) is 12.1 Å². The normalized spacial score (nSPS) is 11.3. The number of phenolic OH excluding ortho intramolecular Hbond substituents is 1. The van der Waals surface area contributed by atoms with Crippen molar-refractivity contribution < 1.29 is 33.9 Å². The fourth-order valence-corrected chi connectivity index (χ4v) is 3.11. The van der Waals surface area contributed by atoms with Crippen molar-refractivity contribution >= 4 is 35.3 Å². The van der Waals surface area contributed by atoms with E-state index < -0.39 is 36.3 Å². The van der Waals surface area contributed by atoms with E-state index in [9.17, 15) is 29.4 Å². The van der Waals surface area contributed by atoms with Gasteiger partial charge in [0.05, 0.1) is 16.8 Å². The van der Waals surface area contributed by atoms with Crippen LogP contribution in [-0.2, 0) is 11.3 Å². The molecule has 1 aromatic heterocycles. The van der Waals surface area contributed by atoms with E-state index >= 15 is 0 Å². The maximum absolute atomic E-state index is 12.6. The zero-order valence-corrected chi connectivity index (χ0v) is 18.2. The van der Waals surface area contributed by atoms with Crippen molar-refractivity contribution in [2.75, 3.05) is 6.54 Å². The summed E-state index contributed by atoms with van der Waals surface area (Å²) in [7, 11) is 0. The number of amides is 3. The predicted molar refractivity (Wildman–Crippen MR) is 118 cm³/mol. The van der Waals surface area contributed by atoms with Gasteiger partial charge in [0, 0.05) is 24.7 Å². The van der Waals surface area contributed by atoms with Gasteiger partial charge in [0.1, 0.15) is 11.8 Å². The molecule has 0 unspecified atom stereocenters. The lowest BCUT2D eigenvalue weighted by atomic mass is 10.1. The third kappa shape index (κ3) is 6.33. The number of nitrogens with zero attached hydrogens (tertiary/aromatic N) is 1. The van der Waals surface area contributed by atoms with Crippen LogP contribution in [0.5, 0.6) is 5.75 Å². The highest BCUT2D eigenvalue weighted by atomic mass is 35.5. The number of hydrogen-bond acceptors (Lipinski definition) is 7. The van der Waals surface area contributed by atoms with Crippen molar-refractivity contribution in [3.05, 3.63) is 82.2 Å². The third-order valence-electron chi connectivity index (χ3n) is 4.57. The molecule has 0 radical (unpaired) electrons. The Morgan fingerprint density at radius 2 is 1.79 bits per heavy atom. The number of benzene rings is 2. The Bertz CT molecular complexity index is 1210. The number of phenols is 1. The molecule has 0 aliphatic carbocycles. The molecule has 0 bridgehead atoms. The average molecular weight is 487 g/mol. The van der Waals surface area contributed by atoms with Crippen LogP contribution < -0.4 is 16.0 Å². The van der Waals surface area contributed by atoms with Crippen LogP contribution in [0, 0.1) is 0 Å². The van der Waals surface area contributed by atoms with Crippen molar-refractivity contribution in [1.29, 1.82) is 0 Å². The minimum absolute atomic E-state index is 0.0565. The molecule has 0 aliphatic rings. The maximum atomic E-state index is 12.6. The van der Waals surface area contributed by atoms with Crippen molar-refractivity contribution in [3.63, 3.8) is 0 Å². The van der Waals surface area contributed by atoms with Gasteiger partial charge in [-0.05, 0) is 35.9 Å². The molecule has 0 fully saturated rings. The molecule has 0 aliphatic heterocycles. The number of rotatable bonds is 9. The zero-order valence-electron chi connectivity index (χ0n) is 17.4. The molecular weight excluding hydrogens is 468 g/mol. The molecule has 1 heterocycles. The second kappa shape index (κ2) is 11.0. The Morgan fingerprint density at radius 1 is 1.00 bits per heavy atom. The Morgan fingerprint density at radius 3 is 2.44 bits per heavy atom. The zero-order chi connectivity index (χ0) is 24.7. The maximum Gasteiger partial charge on any atom is 0.328 e. The summed E-state index contributed by atoms with van der Waals surface area (Å²) in [6.07, 6.45) is 1.25. The van der Waals surface area contributed by atoms with E-state index in [4.69, 9.17) is 11.6 Å². The summed E-state index contributed by atoms with van der Waals surface area (Å²) >= 11 is 6.15. The Labute approximate surface area is 197 Å². The minimum Gasteiger partial charge on any atom is -0.508 e. The van der Waals surface area contributed by atoms with Crippen LogP contribution in [0.3, 0.4) is 0 Å². The summed E-state index contributed by atoms with van der Waals surface area (Å²) in [5, 5.41) is 29.4. The van der Waals surface area contributed by atoms with E-state index in [1.165, 1.54) is 42.6 Å². The van der Waals surface area contributed by atoms with Gasteiger partial charge in [-0.15, -0.1) is 0 Å². The van der Waals surface area contributed by atoms with Crippen LogP contribution in [0.1, 0.15) is 36.8 Å². The molecule has 0 saturated carbocycles. The van der Waals surface area contributed by atoms with Crippen molar-refractivity contribution in [2.24, 2.45) is 0 Å². The molecule has 0 saturated heterocycles. The summed E-state index contributed by atoms with van der Waals surface area (Å²) in [5.41, 5.74) is 0.806. The average Bonchev–Trinajstić information content (AvgIpc) is 3.34. The second-order valence-corrected chi connectivity index (χ2v) is 7.41. The van der Waals surface area contributed by atoms with Crippen molar-refractivity contribution in [3.8, 4) is 5.75 Å². The first-order valence-corrected chi connectivity index (χ1v) is 10.2. The van der Waals surface area contributed by atoms with Gasteiger partial charge in [-0.2, -0.15) is 0 Å². The number of aromatic nitrogens is 1. The van der Waals surface area contributed by atoms with Crippen molar-refractivity contribution in [1.82, 2.24) is 21.1 Å². The fraction of sp³-hybridized carbons (Fsp3) is 0.136. The van der Waals surface area contributed by atoms with Gasteiger partial charge in [-0.3, -0.25) is 14.4 Å². The number of nitrogens with one attached hydrogen (secondary N) is 3. The van der Waals surface area contributed by atoms with E-state index in [2.05, 4.69) is 25.6 Å². The molecule has 2 aromatic carbocycles. The number of carbonyl (C=O) groups excluding carboxylic acids is 3. The quantitative estimate of drug-likeness (QED) is 0.303. The first-order valence-electron chi connectivity index (χ1n) is 9.83. The lowest BCUT2D eigenvalue weighted by Crippen LogP contribution is -2.48. The van der Waals surface area contributed by atoms with E-state index in [0.717, 1.165) is 0 Å². The van der Waals surface area contributed by atoms with Gasteiger partial charge in [0.15, 0.2) is 0 Å². The molecule has 5 N–H and O–H groups in total. The standard InChI is InChI=1S/C22H19ClN4O7/c23-16-9-13(19(29)24-10-12-2-1-3-14(28)8-12)4-5-15(16)20(30)27-17(22(32)33)11-25-21(31)18-6-7-26-34-18/h1-9,17,28H,10-11H2,(H,24,29)(H,25,31)(H,27,30)(H,32,33)/t17-/m0/s1. The predicted octanol–water partition coefficient (Wildman–Crippen LogP) is 1.58. The Balaban J connectivity index is 1.60. The molecule has 34 heavy (non-hydrogen) atoms. The molecule has 1 atom stereocenters. The summed E-state index contributed by atoms with van der Waals surface area (Å²) in [4.78, 5) is 48.3. The monoisotopic (exact) mass is 486 g/mol. The van der Waals surface area contributed by atoms with Crippen LogP contribution in [0.2, 0.25) is 5.02 Å². The summed E-state index contributed by atoms with van der Waals surface area (Å²) < 4.78 is 4.67. The first kappa shape index (κ1) is 24.3. The van der Waals surface area contributed by atoms with Gasteiger partial charge in [0.2, 0.25) is 5.76 Å². The number of halogens is 1. The smallest absolute Gasteiger partial charge is 0.328 e. The van der Waals surface area contributed by atoms with Crippen LogP contribution in [0.4, 0.5) is 0 Å². The number of carboxylic acids is 1. The SMILES string of the molecule is O=C(NCc1cccc(O)c1)c1ccc(C(=O)N[C@@H](CNC(=O)c2ccno2)C(=O)O)c(Cl)c1. The van der Waals surface area contributed by atoms with Crippen LogP contribution >= 0.6 is 11.6 Å². The molecule has 11 nitrogen and oxygen atoms in total. The molecule has 12 heteroatoms. The number of aliphatic carboxylic acids is 1. The fourth-order valence-electron chi connectivity index (χ4n) is 2.84. The van der Waals surface area contributed by atoms with Gasteiger partial charge < -0.3 is 30.7 Å². The van der Waals surface area contributed by atoms with E-state index in [0.29, 0.717) is 5.56 Å². The summed E-state index contributed by atoms with van der Waals surface area (Å²) in [6.45, 7) is -0.263. The van der Waals surface area contributed by atoms with Gasteiger partial charge in [-0.1, -0.05) is 28.9 Å². The second-order valence-electron chi connectivity index (χ2n) is 7.00. The molecule has 3 amide bonds. The molecular formula is C22H19ClN4O7. The van der Waals surface area contributed by atoms with Crippen molar-refractivity contribution in [2.45, 2.75) is 12.6 Å². The molecule has 3 aromatic rings. The molecule has 176 valence electrons. The van der Waals surface area contributed by atoms with Gasteiger partial charge >= 0.3 is 5.97 Å². The summed E-state index contributed by atoms with van der Waals surface area (Å²) in [6, 6.07) is 10.1. The summed E-state index contributed by atoms with van der Waals surface area (Å²) in [5.74, 6) is -3.39. The third-order valence-corrected chi connectivity index (χ3v) is 4.88. The number of hydrogen-bond donors (Lipinski definition) is 5. The van der Waals surface area contributed by atoms with Gasteiger partial charge in [-0.25, -0.2) is 4.79 Å². The Hall–Kier alpha value is -4.38. The molecule has 3 rings (SSSR count). The Kier molecular flexibility index (Phi) is 7.83. The number of carbonyl (C=O) groups is 4. The lowest BCUT2D eigenvalue weighted by molar-refractivity contribution is -0.139. The lowest BCUT2D eigenvalue weighted by Gasteiger charge is -2.16. The highest BCUT2D eigenvalue weighted by molar-refractivity contribution is 6.34. The topological polar surface area (TPSA) is 171 Å². The highest BCUT2D eigenvalue weighted by Gasteiger charge is 2.24. The van der Waals surface area contributed by atoms with Gasteiger partial charge in [0.25, 0.3) is 17.7 Å². The van der Waals surface area contributed by atoms with Crippen LogP contribution in [-0.4, -0.2) is 51.6 Å². The van der Waals surface area contributed by atoms with Crippen LogP contribution in [0.25, 0.3) is 0 Å². The number of carboxylic acid groups (broad SMARTS) is 1. The highest BCUT2D eigenvalue weighted by Crippen LogP contribution is 2.19. The van der Waals surface area contributed by atoms with Crippen LogP contribution in [0.15, 0.2) is 59.3 Å². The largest absolute Gasteiger partial charge is 0.508 e. The first-order chi connectivity index (χ1) is 16.2. The minimum atomic E-state index is -1.46. The molecule has 0 spiro atoms. The number of aromatic hydroxyl groups is 1. The van der Waals surface area contributed by atoms with E-state index in [1.807, 2.05) is 0 Å². The van der Waals surface area contributed by atoms with E-state index in [-0.39, 0.29) is 34.2 Å².